The lowest BCUT2D eigenvalue weighted by Crippen LogP contribution is -2.55. The predicted molar refractivity (Wildman–Crippen MR) is 86.7 cm³/mol. The van der Waals surface area contributed by atoms with Gasteiger partial charge in [-0.2, -0.15) is 0 Å². The zero-order valence-corrected chi connectivity index (χ0v) is 14.5. The highest BCUT2D eigenvalue weighted by atomic mass is 16.4. The summed E-state index contributed by atoms with van der Waals surface area (Å²) in [6.07, 6.45) is 4.86. The Labute approximate surface area is 138 Å². The largest absolute Gasteiger partial charge is 0.424 e. The minimum absolute atomic E-state index is 0.240. The molecule has 2 aliphatic rings. The van der Waals surface area contributed by atoms with Gasteiger partial charge in [0.1, 0.15) is 0 Å². The molecule has 0 aromatic carbocycles. The van der Waals surface area contributed by atoms with E-state index in [4.69, 9.17) is 4.42 Å². The van der Waals surface area contributed by atoms with Gasteiger partial charge in [0.05, 0.1) is 6.54 Å². The summed E-state index contributed by atoms with van der Waals surface area (Å²) in [6.45, 7) is 9.96. The Balaban J connectivity index is 1.66. The fourth-order valence-electron chi connectivity index (χ4n) is 3.98. The Hall–Kier alpha value is -1.43. The number of aryl methyl sites for hydroxylation is 1. The van der Waals surface area contributed by atoms with Crippen molar-refractivity contribution < 1.29 is 9.21 Å². The van der Waals surface area contributed by atoms with E-state index in [1.165, 1.54) is 12.8 Å². The summed E-state index contributed by atoms with van der Waals surface area (Å²) >= 11 is 0. The van der Waals surface area contributed by atoms with Crippen LogP contribution in [-0.2, 0) is 17.8 Å². The van der Waals surface area contributed by atoms with Crippen molar-refractivity contribution in [2.24, 2.45) is 5.41 Å². The van der Waals surface area contributed by atoms with Gasteiger partial charge < -0.3 is 9.32 Å². The summed E-state index contributed by atoms with van der Waals surface area (Å²) in [5.74, 6) is 1.74. The van der Waals surface area contributed by atoms with Crippen molar-refractivity contribution in [1.82, 2.24) is 20.0 Å². The Morgan fingerprint density at radius 3 is 2.70 bits per heavy atom. The third-order valence-corrected chi connectivity index (χ3v) is 5.23. The zero-order chi connectivity index (χ0) is 16.4. The van der Waals surface area contributed by atoms with Crippen molar-refractivity contribution >= 4 is 5.91 Å². The number of piperidine rings is 2. The molecule has 128 valence electrons. The first-order chi connectivity index (χ1) is 11.0. The first-order valence-electron chi connectivity index (χ1n) is 8.84. The Morgan fingerprint density at radius 2 is 2.00 bits per heavy atom. The van der Waals surface area contributed by atoms with Crippen LogP contribution in [0.1, 0.15) is 58.2 Å². The van der Waals surface area contributed by atoms with Crippen LogP contribution in [0.5, 0.6) is 0 Å². The molecule has 0 aliphatic carbocycles. The number of likely N-dealkylation sites (tertiary alicyclic amines) is 2. The molecule has 1 aromatic rings. The van der Waals surface area contributed by atoms with Crippen LogP contribution >= 0.6 is 0 Å². The fraction of sp³-hybridized carbons (Fsp3) is 0.824. The van der Waals surface area contributed by atoms with Gasteiger partial charge in [-0.15, -0.1) is 10.2 Å². The second-order valence-corrected chi connectivity index (χ2v) is 7.37. The second-order valence-electron chi connectivity index (χ2n) is 7.37. The SMILES string of the molecule is CCc1nnc(CN2CCC[C@]3(CCC(=O)N(C(C)C)C3)C2)o1. The van der Waals surface area contributed by atoms with Crippen molar-refractivity contribution in [1.29, 1.82) is 0 Å². The van der Waals surface area contributed by atoms with Gasteiger partial charge in [0, 0.05) is 37.4 Å². The van der Waals surface area contributed by atoms with Crippen molar-refractivity contribution in [3.05, 3.63) is 11.8 Å². The summed E-state index contributed by atoms with van der Waals surface area (Å²) in [7, 11) is 0. The zero-order valence-electron chi connectivity index (χ0n) is 14.5. The molecule has 1 atom stereocenters. The van der Waals surface area contributed by atoms with E-state index in [9.17, 15) is 4.79 Å². The molecule has 0 N–H and O–H groups in total. The van der Waals surface area contributed by atoms with Gasteiger partial charge in [-0.3, -0.25) is 9.69 Å². The maximum absolute atomic E-state index is 12.1. The topological polar surface area (TPSA) is 62.5 Å². The fourth-order valence-corrected chi connectivity index (χ4v) is 3.98. The Kier molecular flexibility index (Phi) is 4.71. The number of amides is 1. The first kappa shape index (κ1) is 16.4. The molecule has 0 bridgehead atoms. The average Bonchev–Trinajstić information content (AvgIpc) is 2.98. The van der Waals surface area contributed by atoms with Gasteiger partial charge in [0.2, 0.25) is 17.7 Å². The van der Waals surface area contributed by atoms with Crippen molar-refractivity contribution in [2.45, 2.75) is 65.5 Å². The van der Waals surface area contributed by atoms with Crippen LogP contribution in [0.3, 0.4) is 0 Å². The van der Waals surface area contributed by atoms with Crippen LogP contribution in [0.15, 0.2) is 4.42 Å². The van der Waals surface area contributed by atoms with Gasteiger partial charge in [-0.25, -0.2) is 0 Å². The van der Waals surface area contributed by atoms with E-state index in [1.807, 2.05) is 6.92 Å². The molecule has 0 unspecified atom stereocenters. The normalized spacial score (nSPS) is 26.4. The number of carbonyl (C=O) groups excluding carboxylic acids is 1. The molecule has 23 heavy (non-hydrogen) atoms. The van der Waals surface area contributed by atoms with E-state index in [0.29, 0.717) is 24.1 Å². The second kappa shape index (κ2) is 6.59. The molecule has 3 heterocycles. The Morgan fingerprint density at radius 1 is 1.22 bits per heavy atom. The highest BCUT2D eigenvalue weighted by Crippen LogP contribution is 2.39. The lowest BCUT2D eigenvalue weighted by atomic mass is 9.73. The van der Waals surface area contributed by atoms with E-state index in [1.54, 1.807) is 0 Å². The van der Waals surface area contributed by atoms with Crippen LogP contribution < -0.4 is 0 Å². The maximum atomic E-state index is 12.1. The summed E-state index contributed by atoms with van der Waals surface area (Å²) in [5, 5.41) is 8.20. The quantitative estimate of drug-likeness (QED) is 0.851. The number of carbonyl (C=O) groups is 1. The molecule has 1 amide bonds. The smallest absolute Gasteiger partial charge is 0.230 e. The lowest BCUT2D eigenvalue weighted by Gasteiger charge is -2.49. The molecule has 0 radical (unpaired) electrons. The third kappa shape index (κ3) is 3.57. The molecule has 3 rings (SSSR count). The standard InChI is InChI=1S/C17H28N4O2/c1-4-14-18-19-15(23-14)10-20-9-5-7-17(11-20)8-6-16(22)21(12-17)13(2)3/h13H,4-12H2,1-3H3/t17-/m0/s1. The average molecular weight is 320 g/mol. The van der Waals surface area contributed by atoms with Gasteiger partial charge in [-0.1, -0.05) is 6.92 Å². The molecular weight excluding hydrogens is 292 g/mol. The Bertz CT molecular complexity index is 557. The summed E-state index contributed by atoms with van der Waals surface area (Å²) in [5.41, 5.74) is 0.240. The molecular formula is C17H28N4O2. The predicted octanol–water partition coefficient (Wildman–Crippen LogP) is 2.25. The minimum Gasteiger partial charge on any atom is -0.424 e. The molecule has 0 saturated carbocycles. The van der Waals surface area contributed by atoms with Crippen LogP contribution in [0.4, 0.5) is 0 Å². The van der Waals surface area contributed by atoms with E-state index in [2.05, 4.69) is 33.8 Å². The van der Waals surface area contributed by atoms with E-state index in [-0.39, 0.29) is 11.5 Å². The summed E-state index contributed by atoms with van der Waals surface area (Å²) in [4.78, 5) is 16.6. The van der Waals surface area contributed by atoms with Crippen LogP contribution in [0.25, 0.3) is 0 Å². The number of aromatic nitrogens is 2. The van der Waals surface area contributed by atoms with E-state index >= 15 is 0 Å². The van der Waals surface area contributed by atoms with Crippen LogP contribution in [-0.4, -0.2) is 51.6 Å². The summed E-state index contributed by atoms with van der Waals surface area (Å²) in [6, 6.07) is 0.290. The highest BCUT2D eigenvalue weighted by Gasteiger charge is 2.42. The van der Waals surface area contributed by atoms with Crippen LogP contribution in [0, 0.1) is 5.41 Å². The molecule has 1 aromatic heterocycles. The number of hydrogen-bond acceptors (Lipinski definition) is 5. The minimum atomic E-state index is 0.240. The van der Waals surface area contributed by atoms with Gasteiger partial charge >= 0.3 is 0 Å². The molecule has 6 nitrogen and oxygen atoms in total. The van der Waals surface area contributed by atoms with E-state index < -0.39 is 0 Å². The van der Waals surface area contributed by atoms with Crippen molar-refractivity contribution in [3.8, 4) is 0 Å². The van der Waals surface area contributed by atoms with E-state index in [0.717, 1.165) is 39.0 Å². The van der Waals surface area contributed by atoms with Gasteiger partial charge in [0.25, 0.3) is 0 Å². The molecule has 2 fully saturated rings. The number of hydrogen-bond donors (Lipinski definition) is 0. The van der Waals surface area contributed by atoms with Crippen molar-refractivity contribution in [3.63, 3.8) is 0 Å². The van der Waals surface area contributed by atoms with Gasteiger partial charge in [0.15, 0.2) is 0 Å². The molecule has 2 aliphatic heterocycles. The summed E-state index contributed by atoms with van der Waals surface area (Å²) < 4.78 is 5.66. The molecule has 1 spiro atoms. The van der Waals surface area contributed by atoms with Crippen LogP contribution in [0.2, 0.25) is 0 Å². The maximum Gasteiger partial charge on any atom is 0.230 e. The lowest BCUT2D eigenvalue weighted by molar-refractivity contribution is -0.141. The van der Waals surface area contributed by atoms with Crippen molar-refractivity contribution in [2.75, 3.05) is 19.6 Å². The monoisotopic (exact) mass is 320 g/mol. The van der Waals surface area contributed by atoms with Gasteiger partial charge in [-0.05, 0) is 39.7 Å². The first-order valence-corrected chi connectivity index (χ1v) is 8.84. The number of nitrogens with zero attached hydrogens (tertiary/aromatic N) is 4. The molecule has 6 heteroatoms. The highest BCUT2D eigenvalue weighted by molar-refractivity contribution is 5.77. The third-order valence-electron chi connectivity index (χ3n) is 5.23. The molecule has 2 saturated heterocycles. The number of rotatable bonds is 4.